The molecule has 0 bridgehead atoms. The van der Waals surface area contributed by atoms with Gasteiger partial charge in [-0.05, 0) is 63.3 Å². The van der Waals surface area contributed by atoms with Crippen molar-refractivity contribution in [3.63, 3.8) is 0 Å². The molecular formula is C26H27FN2O3. The van der Waals surface area contributed by atoms with Gasteiger partial charge in [-0.2, -0.15) is 0 Å². The molecule has 166 valence electrons. The lowest BCUT2D eigenvalue weighted by molar-refractivity contribution is -0.122. The second-order valence-electron chi connectivity index (χ2n) is 8.46. The highest BCUT2D eigenvalue weighted by molar-refractivity contribution is 6.23. The van der Waals surface area contributed by atoms with E-state index in [0.29, 0.717) is 12.1 Å². The average Bonchev–Trinajstić information content (AvgIpc) is 3.09. The van der Waals surface area contributed by atoms with E-state index >= 15 is 0 Å². The van der Waals surface area contributed by atoms with E-state index in [1.54, 1.807) is 18.2 Å². The Bertz CT molecular complexity index is 1060. The number of anilines is 1. The summed E-state index contributed by atoms with van der Waals surface area (Å²) >= 11 is 0. The molecule has 1 unspecified atom stereocenters. The van der Waals surface area contributed by atoms with Gasteiger partial charge in [0.2, 0.25) is 5.91 Å². The standard InChI is InChI=1S/C26H27FN2O3/c1-18-11-13-20(14-12-18)29-24(30)17-23(26(29)32)28(16-15-19-7-3-2-4-8-19)25(31)21-9-5-6-10-22(21)27/h5-7,9-14,23H,2-4,8,15-17H2,1H3. The largest absolute Gasteiger partial charge is 0.326 e. The quantitative estimate of drug-likeness (QED) is 0.485. The highest BCUT2D eigenvalue weighted by Crippen LogP contribution is 2.29. The summed E-state index contributed by atoms with van der Waals surface area (Å²) in [5.41, 5.74) is 2.66. The zero-order chi connectivity index (χ0) is 22.7. The summed E-state index contributed by atoms with van der Waals surface area (Å²) in [6.07, 6.45) is 6.94. The summed E-state index contributed by atoms with van der Waals surface area (Å²) in [7, 11) is 0. The van der Waals surface area contributed by atoms with Crippen LogP contribution in [0.1, 0.15) is 54.4 Å². The Morgan fingerprint density at radius 2 is 1.84 bits per heavy atom. The van der Waals surface area contributed by atoms with E-state index in [2.05, 4.69) is 6.08 Å². The second kappa shape index (κ2) is 9.47. The second-order valence-corrected chi connectivity index (χ2v) is 8.46. The number of imide groups is 1. The molecule has 2 aromatic carbocycles. The molecule has 4 rings (SSSR count). The van der Waals surface area contributed by atoms with Crippen LogP contribution in [0.4, 0.5) is 10.1 Å². The molecule has 1 saturated heterocycles. The van der Waals surface area contributed by atoms with E-state index in [1.165, 1.54) is 28.7 Å². The number of hydrogen-bond donors (Lipinski definition) is 0. The van der Waals surface area contributed by atoms with Gasteiger partial charge in [-0.3, -0.25) is 14.4 Å². The van der Waals surface area contributed by atoms with Gasteiger partial charge >= 0.3 is 0 Å². The van der Waals surface area contributed by atoms with Gasteiger partial charge in [0.25, 0.3) is 11.8 Å². The maximum absolute atomic E-state index is 14.4. The van der Waals surface area contributed by atoms with Gasteiger partial charge in [0.1, 0.15) is 11.9 Å². The minimum atomic E-state index is -0.944. The third-order valence-electron chi connectivity index (χ3n) is 6.22. The summed E-state index contributed by atoms with van der Waals surface area (Å²) in [5, 5.41) is 0. The van der Waals surface area contributed by atoms with Gasteiger partial charge < -0.3 is 4.90 Å². The number of hydrogen-bond acceptors (Lipinski definition) is 3. The fourth-order valence-electron chi connectivity index (χ4n) is 4.41. The molecule has 1 fully saturated rings. The van der Waals surface area contributed by atoms with Crippen molar-refractivity contribution < 1.29 is 18.8 Å². The van der Waals surface area contributed by atoms with E-state index in [-0.39, 0.29) is 24.4 Å². The molecular weight excluding hydrogens is 407 g/mol. The molecule has 1 heterocycles. The SMILES string of the molecule is Cc1ccc(N2C(=O)CC(N(CCC3=CCCCC3)C(=O)c3ccccc3F)C2=O)cc1. The molecule has 0 N–H and O–H groups in total. The molecule has 1 atom stereocenters. The van der Waals surface area contributed by atoms with Crippen LogP contribution in [0.25, 0.3) is 0 Å². The van der Waals surface area contributed by atoms with Crippen LogP contribution in [0.2, 0.25) is 0 Å². The lowest BCUT2D eigenvalue weighted by Crippen LogP contribution is -2.46. The lowest BCUT2D eigenvalue weighted by Gasteiger charge is -2.29. The van der Waals surface area contributed by atoms with Gasteiger partial charge in [0.05, 0.1) is 17.7 Å². The highest BCUT2D eigenvalue weighted by atomic mass is 19.1. The number of nitrogens with zero attached hydrogens (tertiary/aromatic N) is 2. The Morgan fingerprint density at radius 3 is 2.53 bits per heavy atom. The topological polar surface area (TPSA) is 57.7 Å². The molecule has 0 saturated carbocycles. The summed E-state index contributed by atoms with van der Waals surface area (Å²) in [6, 6.07) is 11.9. The molecule has 1 aliphatic heterocycles. The zero-order valence-corrected chi connectivity index (χ0v) is 18.2. The predicted molar refractivity (Wildman–Crippen MR) is 121 cm³/mol. The Hall–Kier alpha value is -3.28. The minimum Gasteiger partial charge on any atom is -0.326 e. The van der Waals surface area contributed by atoms with Crippen molar-refractivity contribution >= 4 is 23.4 Å². The van der Waals surface area contributed by atoms with Gasteiger partial charge in [-0.1, -0.05) is 41.5 Å². The van der Waals surface area contributed by atoms with Crippen molar-refractivity contribution in [3.05, 3.63) is 77.1 Å². The Balaban J connectivity index is 1.62. The lowest BCUT2D eigenvalue weighted by atomic mass is 9.96. The Kier molecular flexibility index (Phi) is 6.49. The molecule has 0 spiro atoms. The van der Waals surface area contributed by atoms with E-state index in [4.69, 9.17) is 0 Å². The van der Waals surface area contributed by atoms with E-state index < -0.39 is 23.7 Å². The van der Waals surface area contributed by atoms with Crippen LogP contribution in [-0.2, 0) is 9.59 Å². The van der Waals surface area contributed by atoms with Crippen molar-refractivity contribution in [2.75, 3.05) is 11.4 Å². The smallest absolute Gasteiger partial charge is 0.257 e. The molecule has 5 nitrogen and oxygen atoms in total. The maximum Gasteiger partial charge on any atom is 0.257 e. The predicted octanol–water partition coefficient (Wildman–Crippen LogP) is 4.80. The van der Waals surface area contributed by atoms with Crippen molar-refractivity contribution in [2.45, 2.75) is 51.5 Å². The molecule has 0 radical (unpaired) electrons. The fourth-order valence-corrected chi connectivity index (χ4v) is 4.41. The number of benzene rings is 2. The first kappa shape index (κ1) is 21.9. The summed E-state index contributed by atoms with van der Waals surface area (Å²) in [4.78, 5) is 42.0. The van der Waals surface area contributed by atoms with Crippen LogP contribution in [-0.4, -0.2) is 35.2 Å². The van der Waals surface area contributed by atoms with Gasteiger partial charge in [0, 0.05) is 6.54 Å². The van der Waals surface area contributed by atoms with Crippen LogP contribution in [0.15, 0.2) is 60.2 Å². The van der Waals surface area contributed by atoms with Crippen LogP contribution >= 0.6 is 0 Å². The van der Waals surface area contributed by atoms with Gasteiger partial charge in [0.15, 0.2) is 0 Å². The third kappa shape index (κ3) is 4.49. The first-order valence-electron chi connectivity index (χ1n) is 11.1. The van der Waals surface area contributed by atoms with E-state index in [1.807, 2.05) is 19.1 Å². The molecule has 32 heavy (non-hydrogen) atoms. The van der Waals surface area contributed by atoms with Crippen molar-refractivity contribution in [3.8, 4) is 0 Å². The van der Waals surface area contributed by atoms with E-state index in [9.17, 15) is 18.8 Å². The number of carbonyl (C=O) groups excluding carboxylic acids is 3. The first-order chi connectivity index (χ1) is 15.5. The molecule has 1 aliphatic carbocycles. The van der Waals surface area contributed by atoms with Crippen LogP contribution in [0, 0.1) is 12.7 Å². The number of aryl methyl sites for hydroxylation is 1. The molecule has 2 aliphatic rings. The third-order valence-corrected chi connectivity index (χ3v) is 6.22. The van der Waals surface area contributed by atoms with Crippen molar-refractivity contribution in [2.24, 2.45) is 0 Å². The monoisotopic (exact) mass is 434 g/mol. The molecule has 6 heteroatoms. The van der Waals surface area contributed by atoms with Crippen molar-refractivity contribution in [1.82, 2.24) is 4.90 Å². The maximum atomic E-state index is 14.4. The van der Waals surface area contributed by atoms with Crippen LogP contribution in [0.5, 0.6) is 0 Å². The number of rotatable bonds is 6. The average molecular weight is 435 g/mol. The Morgan fingerprint density at radius 1 is 1.09 bits per heavy atom. The van der Waals surface area contributed by atoms with Gasteiger partial charge in [-0.25, -0.2) is 9.29 Å². The number of allylic oxidation sites excluding steroid dienone is 1. The first-order valence-corrected chi connectivity index (χ1v) is 11.1. The minimum absolute atomic E-state index is 0.0841. The van der Waals surface area contributed by atoms with Crippen molar-refractivity contribution in [1.29, 1.82) is 0 Å². The number of halogens is 1. The summed E-state index contributed by atoms with van der Waals surface area (Å²) < 4.78 is 14.4. The highest BCUT2D eigenvalue weighted by Gasteiger charge is 2.44. The van der Waals surface area contributed by atoms with Crippen LogP contribution in [0.3, 0.4) is 0 Å². The number of carbonyl (C=O) groups is 3. The fraction of sp³-hybridized carbons (Fsp3) is 0.346. The molecule has 0 aromatic heterocycles. The summed E-state index contributed by atoms with van der Waals surface area (Å²) in [6.45, 7) is 2.19. The molecule has 3 amide bonds. The summed E-state index contributed by atoms with van der Waals surface area (Å²) in [5.74, 6) is -1.99. The normalized spacial score (nSPS) is 18.6. The van der Waals surface area contributed by atoms with E-state index in [0.717, 1.165) is 36.1 Å². The molecule has 2 aromatic rings. The van der Waals surface area contributed by atoms with Gasteiger partial charge in [-0.15, -0.1) is 0 Å². The number of amides is 3. The Labute approximate surface area is 187 Å². The van der Waals surface area contributed by atoms with Crippen LogP contribution < -0.4 is 4.90 Å². The zero-order valence-electron chi connectivity index (χ0n) is 18.2.